The fourth-order valence-corrected chi connectivity index (χ4v) is 5.56. The maximum absolute atomic E-state index is 2.58. The molecular formula is C24H34. The molecule has 0 aromatic heterocycles. The van der Waals surface area contributed by atoms with E-state index in [9.17, 15) is 0 Å². The van der Waals surface area contributed by atoms with Crippen LogP contribution >= 0.6 is 0 Å². The summed E-state index contributed by atoms with van der Waals surface area (Å²) in [5.41, 5.74) is 4.71. The molecule has 0 bridgehead atoms. The zero-order valence-electron chi connectivity index (χ0n) is 15.3. The summed E-state index contributed by atoms with van der Waals surface area (Å²) in [6.45, 7) is 0. The van der Waals surface area contributed by atoms with E-state index in [0.717, 1.165) is 17.8 Å². The van der Waals surface area contributed by atoms with Crippen LogP contribution in [0.3, 0.4) is 0 Å². The lowest BCUT2D eigenvalue weighted by Crippen LogP contribution is -2.19. The van der Waals surface area contributed by atoms with E-state index in [1.807, 2.05) is 0 Å². The van der Waals surface area contributed by atoms with Crippen molar-refractivity contribution in [2.24, 2.45) is 11.8 Å². The molecule has 0 heterocycles. The Morgan fingerprint density at radius 3 is 1.92 bits per heavy atom. The predicted octanol–water partition coefficient (Wildman–Crippen LogP) is 7.50. The fraction of sp³-hybridized carbons (Fsp3) is 0.667. The second kappa shape index (κ2) is 7.89. The highest BCUT2D eigenvalue weighted by atomic mass is 14.3. The quantitative estimate of drug-likeness (QED) is 0.540. The summed E-state index contributed by atoms with van der Waals surface area (Å²) >= 11 is 0. The van der Waals surface area contributed by atoms with Crippen LogP contribution in [0.25, 0.3) is 5.57 Å². The van der Waals surface area contributed by atoms with Crippen molar-refractivity contribution in [2.45, 2.75) is 89.4 Å². The monoisotopic (exact) mass is 322 g/mol. The van der Waals surface area contributed by atoms with Crippen molar-refractivity contribution < 1.29 is 0 Å². The van der Waals surface area contributed by atoms with E-state index in [0.29, 0.717) is 0 Å². The first-order valence-corrected chi connectivity index (χ1v) is 10.7. The SMILES string of the molecule is C1=C(c2ccc(C3CCCCC3)cc2)CCC(C2CCCCC2)C1. The van der Waals surface area contributed by atoms with Gasteiger partial charge in [0.25, 0.3) is 0 Å². The summed E-state index contributed by atoms with van der Waals surface area (Å²) in [4.78, 5) is 0. The maximum Gasteiger partial charge on any atom is -0.0162 e. The molecule has 0 radical (unpaired) electrons. The van der Waals surface area contributed by atoms with Gasteiger partial charge in [-0.1, -0.05) is 81.7 Å². The van der Waals surface area contributed by atoms with Crippen molar-refractivity contribution in [1.82, 2.24) is 0 Å². The molecule has 3 aliphatic rings. The van der Waals surface area contributed by atoms with Crippen LogP contribution in [0.4, 0.5) is 0 Å². The number of allylic oxidation sites excluding steroid dienone is 2. The summed E-state index contributed by atoms with van der Waals surface area (Å²) in [5.74, 6) is 2.85. The second-order valence-electron chi connectivity index (χ2n) is 8.62. The molecule has 1 atom stereocenters. The van der Waals surface area contributed by atoms with Crippen molar-refractivity contribution in [3.05, 3.63) is 41.5 Å². The van der Waals surface area contributed by atoms with Gasteiger partial charge in [-0.2, -0.15) is 0 Å². The number of hydrogen-bond acceptors (Lipinski definition) is 0. The summed E-state index contributed by atoms with van der Waals surface area (Å²) < 4.78 is 0. The fourth-order valence-electron chi connectivity index (χ4n) is 5.56. The first kappa shape index (κ1) is 16.4. The van der Waals surface area contributed by atoms with Gasteiger partial charge in [0.05, 0.1) is 0 Å². The molecule has 4 rings (SSSR count). The average molecular weight is 323 g/mol. The molecule has 0 spiro atoms. The molecule has 130 valence electrons. The molecule has 0 nitrogen and oxygen atoms in total. The molecule has 3 aliphatic carbocycles. The molecule has 0 heteroatoms. The van der Waals surface area contributed by atoms with Gasteiger partial charge in [-0.3, -0.25) is 0 Å². The van der Waals surface area contributed by atoms with Gasteiger partial charge in [0.15, 0.2) is 0 Å². The van der Waals surface area contributed by atoms with Gasteiger partial charge in [-0.05, 0) is 66.6 Å². The van der Waals surface area contributed by atoms with E-state index in [2.05, 4.69) is 30.3 Å². The number of benzene rings is 1. The normalized spacial score (nSPS) is 27.0. The highest BCUT2D eigenvalue weighted by Gasteiger charge is 2.25. The van der Waals surface area contributed by atoms with E-state index in [4.69, 9.17) is 0 Å². The predicted molar refractivity (Wildman–Crippen MR) is 104 cm³/mol. The molecule has 1 aromatic rings. The Morgan fingerprint density at radius 2 is 1.29 bits per heavy atom. The van der Waals surface area contributed by atoms with E-state index < -0.39 is 0 Å². The van der Waals surface area contributed by atoms with Gasteiger partial charge < -0.3 is 0 Å². The van der Waals surface area contributed by atoms with Crippen molar-refractivity contribution in [3.63, 3.8) is 0 Å². The first-order valence-electron chi connectivity index (χ1n) is 10.7. The number of rotatable bonds is 3. The van der Waals surface area contributed by atoms with Gasteiger partial charge in [0.2, 0.25) is 0 Å². The second-order valence-corrected chi connectivity index (χ2v) is 8.62. The van der Waals surface area contributed by atoms with Crippen molar-refractivity contribution >= 4 is 5.57 Å². The summed E-state index contributed by atoms with van der Waals surface area (Å²) in [6, 6.07) is 9.69. The van der Waals surface area contributed by atoms with E-state index >= 15 is 0 Å². The van der Waals surface area contributed by atoms with Crippen molar-refractivity contribution in [3.8, 4) is 0 Å². The molecular weight excluding hydrogens is 288 g/mol. The van der Waals surface area contributed by atoms with Crippen LogP contribution in [0, 0.1) is 11.8 Å². The molecule has 0 aliphatic heterocycles. The zero-order chi connectivity index (χ0) is 16.2. The molecule has 1 aromatic carbocycles. The Morgan fingerprint density at radius 1 is 0.625 bits per heavy atom. The van der Waals surface area contributed by atoms with Crippen LogP contribution in [0.2, 0.25) is 0 Å². The minimum Gasteiger partial charge on any atom is -0.0804 e. The zero-order valence-corrected chi connectivity index (χ0v) is 15.3. The molecule has 2 saturated carbocycles. The van der Waals surface area contributed by atoms with Crippen LogP contribution in [0.15, 0.2) is 30.3 Å². The minimum atomic E-state index is 0.837. The summed E-state index contributed by atoms with van der Waals surface area (Å²) in [7, 11) is 0. The topological polar surface area (TPSA) is 0 Å². The average Bonchev–Trinajstić information content (AvgIpc) is 2.70. The Kier molecular flexibility index (Phi) is 5.40. The van der Waals surface area contributed by atoms with E-state index in [1.165, 1.54) is 89.0 Å². The van der Waals surface area contributed by atoms with Crippen LogP contribution in [0.1, 0.15) is 101 Å². The van der Waals surface area contributed by atoms with Gasteiger partial charge in [-0.15, -0.1) is 0 Å². The van der Waals surface area contributed by atoms with Crippen LogP contribution in [-0.4, -0.2) is 0 Å². The lowest BCUT2D eigenvalue weighted by molar-refractivity contribution is 0.235. The van der Waals surface area contributed by atoms with Crippen molar-refractivity contribution in [2.75, 3.05) is 0 Å². The highest BCUT2D eigenvalue weighted by molar-refractivity contribution is 5.66. The smallest absolute Gasteiger partial charge is 0.0162 e. The van der Waals surface area contributed by atoms with Crippen LogP contribution in [0.5, 0.6) is 0 Å². The molecule has 1 unspecified atom stereocenters. The summed E-state index contributed by atoms with van der Waals surface area (Å²) in [5, 5.41) is 0. The molecule has 0 amide bonds. The highest BCUT2D eigenvalue weighted by Crippen LogP contribution is 2.40. The lowest BCUT2D eigenvalue weighted by Gasteiger charge is -2.32. The van der Waals surface area contributed by atoms with Gasteiger partial charge in [0.1, 0.15) is 0 Å². The van der Waals surface area contributed by atoms with Gasteiger partial charge in [0, 0.05) is 0 Å². The molecule has 0 N–H and O–H groups in total. The van der Waals surface area contributed by atoms with Crippen LogP contribution < -0.4 is 0 Å². The standard InChI is InChI=1S/C24H34/c1-3-7-19(8-4-1)21-11-15-23(16-12-21)24-17-13-22(14-18-24)20-9-5-2-6-10-20/h11-12,15-17,19-20,22H,1-10,13-14,18H2. The van der Waals surface area contributed by atoms with E-state index in [-0.39, 0.29) is 0 Å². The van der Waals surface area contributed by atoms with Gasteiger partial charge in [-0.25, -0.2) is 0 Å². The maximum atomic E-state index is 2.58. The number of hydrogen-bond donors (Lipinski definition) is 0. The third-order valence-corrected chi connectivity index (χ3v) is 7.13. The minimum absolute atomic E-state index is 0.837. The van der Waals surface area contributed by atoms with Crippen molar-refractivity contribution in [1.29, 1.82) is 0 Å². The Hall–Kier alpha value is -1.04. The largest absolute Gasteiger partial charge is 0.0804 e. The third-order valence-electron chi connectivity index (χ3n) is 7.13. The van der Waals surface area contributed by atoms with Crippen LogP contribution in [-0.2, 0) is 0 Å². The van der Waals surface area contributed by atoms with Gasteiger partial charge >= 0.3 is 0 Å². The molecule has 24 heavy (non-hydrogen) atoms. The molecule has 2 fully saturated rings. The molecule has 0 saturated heterocycles. The van der Waals surface area contributed by atoms with E-state index in [1.54, 1.807) is 11.1 Å². The lowest BCUT2D eigenvalue weighted by atomic mass is 9.73. The Bertz CT molecular complexity index is 538. The third kappa shape index (κ3) is 3.79. The Labute approximate surface area is 148 Å². The Balaban J connectivity index is 1.38. The summed E-state index contributed by atoms with van der Waals surface area (Å²) in [6.07, 6.45) is 21.2. The first-order chi connectivity index (χ1) is 11.9.